The van der Waals surface area contributed by atoms with Crippen molar-refractivity contribution < 1.29 is 4.74 Å². The highest BCUT2D eigenvalue weighted by atomic mass is 35.5. The Bertz CT molecular complexity index is 285. The van der Waals surface area contributed by atoms with Gasteiger partial charge in [-0.25, -0.2) is 9.97 Å². The maximum atomic E-state index is 5.63. The summed E-state index contributed by atoms with van der Waals surface area (Å²) in [5.41, 5.74) is 6.49. The Labute approximate surface area is 95.7 Å². The molecule has 1 aliphatic heterocycles. The Morgan fingerprint density at radius 3 is 2.60 bits per heavy atom. The summed E-state index contributed by atoms with van der Waals surface area (Å²) >= 11 is 0. The molecule has 0 aromatic carbocycles. The number of nitrogens with zero attached hydrogens (tertiary/aromatic N) is 2. The predicted octanol–water partition coefficient (Wildman–Crippen LogP) is 1.60. The highest BCUT2D eigenvalue weighted by Gasteiger charge is 2.16. The fraction of sp³-hybridized carbons (Fsp3) is 0.600. The molecule has 84 valence electrons. The molecule has 2 rings (SSSR count). The van der Waals surface area contributed by atoms with Crippen molar-refractivity contribution in [3.63, 3.8) is 0 Å². The van der Waals surface area contributed by atoms with Gasteiger partial charge in [0.25, 0.3) is 0 Å². The summed E-state index contributed by atoms with van der Waals surface area (Å²) in [6.07, 6.45) is 7.30. The first-order valence-corrected chi connectivity index (χ1v) is 5.02. The van der Waals surface area contributed by atoms with Gasteiger partial charge < -0.3 is 10.5 Å². The fourth-order valence-electron chi connectivity index (χ4n) is 1.64. The van der Waals surface area contributed by atoms with Crippen LogP contribution >= 0.6 is 12.4 Å². The first-order valence-electron chi connectivity index (χ1n) is 5.02. The first kappa shape index (κ1) is 12.4. The van der Waals surface area contributed by atoms with Crippen LogP contribution in [0.4, 0.5) is 0 Å². The molecule has 2 heterocycles. The minimum Gasteiger partial charge on any atom is -0.373 e. The third-order valence-electron chi connectivity index (χ3n) is 2.46. The lowest BCUT2D eigenvalue weighted by atomic mass is 10.0. The van der Waals surface area contributed by atoms with E-state index in [-0.39, 0.29) is 18.5 Å². The van der Waals surface area contributed by atoms with Crippen LogP contribution < -0.4 is 5.73 Å². The van der Waals surface area contributed by atoms with Crippen LogP contribution in [0.15, 0.2) is 12.4 Å². The predicted molar refractivity (Wildman–Crippen MR) is 59.7 cm³/mol. The number of halogens is 1. The van der Waals surface area contributed by atoms with E-state index in [0.29, 0.717) is 12.4 Å². The summed E-state index contributed by atoms with van der Waals surface area (Å²) in [6, 6.07) is 0. The van der Waals surface area contributed by atoms with E-state index in [2.05, 4.69) is 9.97 Å². The molecule has 2 N–H and O–H groups in total. The molecule has 0 aliphatic carbocycles. The molecular formula is C10H16ClN3O. The van der Waals surface area contributed by atoms with E-state index in [0.717, 1.165) is 25.0 Å². The lowest BCUT2D eigenvalue weighted by Crippen LogP contribution is -2.13. The maximum absolute atomic E-state index is 5.63. The van der Waals surface area contributed by atoms with Crippen molar-refractivity contribution in [1.29, 1.82) is 0 Å². The molecule has 5 heteroatoms. The van der Waals surface area contributed by atoms with E-state index in [4.69, 9.17) is 10.5 Å². The minimum absolute atomic E-state index is 0. The Kier molecular flexibility index (Phi) is 4.94. The van der Waals surface area contributed by atoms with Crippen LogP contribution in [0.2, 0.25) is 0 Å². The molecule has 0 spiro atoms. The largest absolute Gasteiger partial charge is 0.373 e. The quantitative estimate of drug-likeness (QED) is 0.837. The van der Waals surface area contributed by atoms with Crippen molar-refractivity contribution >= 4 is 12.4 Å². The smallest absolute Gasteiger partial charge is 0.141 e. The summed E-state index contributed by atoms with van der Waals surface area (Å²) in [6.45, 7) is 1.25. The van der Waals surface area contributed by atoms with Crippen molar-refractivity contribution in [3.05, 3.63) is 23.8 Å². The van der Waals surface area contributed by atoms with Gasteiger partial charge in [-0.05, 0) is 19.3 Å². The highest BCUT2D eigenvalue weighted by Crippen LogP contribution is 2.26. The van der Waals surface area contributed by atoms with Gasteiger partial charge in [-0.1, -0.05) is 0 Å². The van der Waals surface area contributed by atoms with E-state index >= 15 is 0 Å². The normalized spacial score (nSPS) is 20.7. The minimum atomic E-state index is 0. The van der Waals surface area contributed by atoms with Gasteiger partial charge in [0.05, 0.1) is 12.6 Å². The second kappa shape index (κ2) is 6.00. The number of ether oxygens (including phenoxy) is 1. The van der Waals surface area contributed by atoms with E-state index in [1.165, 1.54) is 6.42 Å². The van der Waals surface area contributed by atoms with Crippen molar-refractivity contribution in [1.82, 2.24) is 9.97 Å². The van der Waals surface area contributed by atoms with Gasteiger partial charge in [-0.2, -0.15) is 0 Å². The molecule has 1 atom stereocenters. The average Bonchev–Trinajstić information content (AvgIpc) is 2.30. The lowest BCUT2D eigenvalue weighted by Gasteiger charge is -2.22. The molecular weight excluding hydrogens is 214 g/mol. The van der Waals surface area contributed by atoms with Crippen LogP contribution in [0, 0.1) is 0 Å². The van der Waals surface area contributed by atoms with Gasteiger partial charge in [0.2, 0.25) is 0 Å². The average molecular weight is 230 g/mol. The first-order chi connectivity index (χ1) is 6.90. The second-order valence-electron chi connectivity index (χ2n) is 3.49. The summed E-state index contributed by atoms with van der Waals surface area (Å²) in [4.78, 5) is 8.31. The van der Waals surface area contributed by atoms with E-state index in [9.17, 15) is 0 Å². The Morgan fingerprint density at radius 2 is 2.07 bits per heavy atom. The van der Waals surface area contributed by atoms with Crippen LogP contribution in [0.1, 0.15) is 36.8 Å². The Morgan fingerprint density at radius 1 is 1.33 bits per heavy atom. The van der Waals surface area contributed by atoms with Gasteiger partial charge in [0.15, 0.2) is 0 Å². The molecule has 4 nitrogen and oxygen atoms in total. The van der Waals surface area contributed by atoms with Gasteiger partial charge in [0, 0.05) is 24.6 Å². The Hall–Kier alpha value is -0.710. The van der Waals surface area contributed by atoms with Gasteiger partial charge in [-0.3, -0.25) is 0 Å². The number of hydrogen-bond donors (Lipinski definition) is 1. The standard InChI is InChI=1S/C10H15N3O.ClH/c11-5-10-12-6-8(7-13-10)9-3-1-2-4-14-9;/h6-7,9H,1-5,11H2;1H. The maximum Gasteiger partial charge on any atom is 0.141 e. The zero-order valence-corrected chi connectivity index (χ0v) is 9.37. The molecule has 0 bridgehead atoms. The molecule has 0 radical (unpaired) electrons. The molecule has 1 fully saturated rings. The SMILES string of the molecule is Cl.NCc1ncc(C2CCCCO2)cn1. The van der Waals surface area contributed by atoms with Crippen molar-refractivity contribution in [3.8, 4) is 0 Å². The zero-order chi connectivity index (χ0) is 9.80. The van der Waals surface area contributed by atoms with Crippen LogP contribution in [-0.2, 0) is 11.3 Å². The van der Waals surface area contributed by atoms with Gasteiger partial charge in [-0.15, -0.1) is 12.4 Å². The van der Waals surface area contributed by atoms with Crippen molar-refractivity contribution in [2.45, 2.75) is 31.9 Å². The summed E-state index contributed by atoms with van der Waals surface area (Å²) in [5.74, 6) is 0.685. The van der Waals surface area contributed by atoms with E-state index in [1.807, 2.05) is 12.4 Å². The lowest BCUT2D eigenvalue weighted by molar-refractivity contribution is 0.0145. The fourth-order valence-corrected chi connectivity index (χ4v) is 1.64. The molecule has 1 saturated heterocycles. The molecule has 0 saturated carbocycles. The highest BCUT2D eigenvalue weighted by molar-refractivity contribution is 5.85. The summed E-state index contributed by atoms with van der Waals surface area (Å²) < 4.78 is 5.63. The number of aromatic nitrogens is 2. The third-order valence-corrected chi connectivity index (χ3v) is 2.46. The molecule has 0 amide bonds. The molecule has 15 heavy (non-hydrogen) atoms. The third kappa shape index (κ3) is 3.12. The number of hydrogen-bond acceptors (Lipinski definition) is 4. The molecule has 1 unspecified atom stereocenters. The second-order valence-corrected chi connectivity index (χ2v) is 3.49. The van der Waals surface area contributed by atoms with Crippen molar-refractivity contribution in [2.75, 3.05) is 6.61 Å². The van der Waals surface area contributed by atoms with Gasteiger partial charge in [0.1, 0.15) is 5.82 Å². The van der Waals surface area contributed by atoms with E-state index < -0.39 is 0 Å². The topological polar surface area (TPSA) is 61.0 Å². The van der Waals surface area contributed by atoms with Crippen LogP contribution in [0.25, 0.3) is 0 Å². The van der Waals surface area contributed by atoms with Crippen LogP contribution in [0.3, 0.4) is 0 Å². The van der Waals surface area contributed by atoms with Crippen molar-refractivity contribution in [2.24, 2.45) is 5.73 Å². The molecule has 1 aromatic heterocycles. The monoisotopic (exact) mass is 229 g/mol. The van der Waals surface area contributed by atoms with E-state index in [1.54, 1.807) is 0 Å². The summed E-state index contributed by atoms with van der Waals surface area (Å²) in [7, 11) is 0. The van der Waals surface area contributed by atoms with Crippen LogP contribution in [-0.4, -0.2) is 16.6 Å². The molecule has 1 aromatic rings. The Balaban J connectivity index is 0.00000112. The van der Waals surface area contributed by atoms with Crippen LogP contribution in [0.5, 0.6) is 0 Å². The molecule has 1 aliphatic rings. The summed E-state index contributed by atoms with van der Waals surface area (Å²) in [5, 5.41) is 0. The van der Waals surface area contributed by atoms with Gasteiger partial charge >= 0.3 is 0 Å². The zero-order valence-electron chi connectivity index (χ0n) is 8.56. The number of rotatable bonds is 2. The number of nitrogens with two attached hydrogens (primary N) is 1.